The van der Waals surface area contributed by atoms with Crippen molar-refractivity contribution in [3.63, 3.8) is 0 Å². The highest BCUT2D eigenvalue weighted by atomic mass is 32.7. The number of halogens is 1. The van der Waals surface area contributed by atoms with Crippen LogP contribution in [0, 0.1) is 11.7 Å². The lowest BCUT2D eigenvalue weighted by Crippen LogP contribution is -2.35. The van der Waals surface area contributed by atoms with Gasteiger partial charge >= 0.3 is 13.6 Å². The van der Waals surface area contributed by atoms with Crippen molar-refractivity contribution in [2.24, 2.45) is 5.92 Å². The van der Waals surface area contributed by atoms with Crippen molar-refractivity contribution in [3.05, 3.63) is 35.0 Å². The van der Waals surface area contributed by atoms with E-state index in [-0.39, 0.29) is 36.0 Å². The standard InChI is InChI=1S/C20H25FN8O9P2S2/c21-10-3-23-6-24-16(10)26-9-1-8-4-34-40(33,42)38-15-14(30)12(5-35-39(32,41)37-11(8)2-9)36-19(15)29-7-25-13-17(29)27-20(22)28-18(13)31/h3,6-9,11-12,14-15,19,30H,1-2,4-5H2,(H,32,41)(H,33,42)(H,23,24,26)(H3,22,27,28,31)/t8-,9-,11+,12-,14-,15-,19-,39-,40-/m1/s1. The molecule has 2 bridgehead atoms. The number of nitrogens with zero attached hydrogens (tertiary/aromatic N) is 5. The van der Waals surface area contributed by atoms with Crippen LogP contribution >= 0.6 is 38.1 Å². The van der Waals surface area contributed by atoms with E-state index in [1.807, 2.05) is 0 Å². The molecule has 0 amide bonds. The normalized spacial score (nSPS) is 37.5. The molecule has 6 rings (SSSR count). The molecule has 22 heteroatoms. The first kappa shape index (κ1) is 29.9. The van der Waals surface area contributed by atoms with Crippen LogP contribution in [0.4, 0.5) is 16.2 Å². The molecule has 9 atom stereocenters. The predicted molar refractivity (Wildman–Crippen MR) is 149 cm³/mol. The van der Waals surface area contributed by atoms with Crippen molar-refractivity contribution in [1.82, 2.24) is 29.5 Å². The molecule has 5 heterocycles. The van der Waals surface area contributed by atoms with E-state index in [1.54, 1.807) is 0 Å². The van der Waals surface area contributed by atoms with Gasteiger partial charge in [-0.25, -0.2) is 28.5 Å². The fraction of sp³-hybridized carbons (Fsp3) is 0.550. The number of hydrogen-bond donors (Lipinski definition) is 6. The molecule has 1 saturated carbocycles. The van der Waals surface area contributed by atoms with Crippen LogP contribution in [0.25, 0.3) is 11.2 Å². The number of thiol groups is 2. The molecular formula is C20H25FN8O9P2S2. The second-order valence-electron chi connectivity index (χ2n) is 9.87. The van der Waals surface area contributed by atoms with Crippen molar-refractivity contribution in [2.75, 3.05) is 24.3 Å². The zero-order chi connectivity index (χ0) is 29.8. The molecule has 42 heavy (non-hydrogen) atoms. The van der Waals surface area contributed by atoms with E-state index in [0.29, 0.717) is 6.42 Å². The van der Waals surface area contributed by atoms with Crippen LogP contribution in [-0.4, -0.2) is 78.3 Å². The Labute approximate surface area is 246 Å². The first-order valence-corrected chi connectivity index (χ1v) is 17.9. The average molecular weight is 667 g/mol. The Morgan fingerprint density at radius 3 is 2.69 bits per heavy atom. The maximum atomic E-state index is 14.1. The Bertz CT molecular complexity index is 1650. The van der Waals surface area contributed by atoms with Gasteiger partial charge in [-0.2, -0.15) is 4.98 Å². The van der Waals surface area contributed by atoms with Crippen LogP contribution in [0.3, 0.4) is 0 Å². The quantitative estimate of drug-likeness (QED) is 0.173. The minimum absolute atomic E-state index is 0.00434. The van der Waals surface area contributed by atoms with Crippen molar-refractivity contribution >= 4 is 61.0 Å². The van der Waals surface area contributed by atoms with Crippen LogP contribution < -0.4 is 16.6 Å². The zero-order valence-corrected chi connectivity index (χ0v) is 24.9. The summed E-state index contributed by atoms with van der Waals surface area (Å²) in [5.74, 6) is -1.43. The Kier molecular flexibility index (Phi) is 8.14. The molecule has 0 unspecified atom stereocenters. The lowest BCUT2D eigenvalue weighted by molar-refractivity contribution is -0.0487. The average Bonchev–Trinajstić information content (AvgIpc) is 3.58. The van der Waals surface area contributed by atoms with Crippen molar-refractivity contribution in [2.45, 2.75) is 49.5 Å². The summed E-state index contributed by atoms with van der Waals surface area (Å²) in [6.07, 6.45) is -2.25. The number of hydrogen-bond acceptors (Lipinski definition) is 15. The third-order valence-electron chi connectivity index (χ3n) is 7.05. The summed E-state index contributed by atoms with van der Waals surface area (Å²) in [6, 6.07) is -0.405. The van der Waals surface area contributed by atoms with Gasteiger partial charge in [0.25, 0.3) is 5.56 Å². The molecule has 3 fully saturated rings. The molecule has 0 radical (unpaired) electrons. The van der Waals surface area contributed by atoms with Gasteiger partial charge in [0.15, 0.2) is 29.0 Å². The minimum atomic E-state index is -4.21. The van der Waals surface area contributed by atoms with E-state index in [1.165, 1.54) is 17.2 Å². The third kappa shape index (κ3) is 6.10. The maximum Gasteiger partial charge on any atom is 0.386 e. The van der Waals surface area contributed by atoms with E-state index < -0.39 is 74.2 Å². The Morgan fingerprint density at radius 1 is 1.14 bits per heavy atom. The molecular weight excluding hydrogens is 641 g/mol. The van der Waals surface area contributed by atoms with Gasteiger partial charge in [0.05, 0.1) is 31.8 Å². The number of aromatic amines is 1. The van der Waals surface area contributed by atoms with Crippen LogP contribution in [-0.2, 0) is 32.0 Å². The smallest absolute Gasteiger partial charge is 0.386 e. The van der Waals surface area contributed by atoms with Crippen LogP contribution in [0.1, 0.15) is 19.1 Å². The van der Waals surface area contributed by atoms with Gasteiger partial charge in [0, 0.05) is 12.0 Å². The number of aliphatic hydroxyl groups is 1. The van der Waals surface area contributed by atoms with Gasteiger partial charge in [-0.1, -0.05) is 24.5 Å². The van der Waals surface area contributed by atoms with Gasteiger partial charge in [0.2, 0.25) is 5.95 Å². The monoisotopic (exact) mass is 666 g/mol. The minimum Gasteiger partial charge on any atom is -0.387 e. The topological polar surface area (TPSA) is 228 Å². The van der Waals surface area contributed by atoms with E-state index in [2.05, 4.69) is 54.7 Å². The summed E-state index contributed by atoms with van der Waals surface area (Å²) in [4.78, 5) is 30.2. The van der Waals surface area contributed by atoms with Crippen molar-refractivity contribution in [1.29, 1.82) is 0 Å². The van der Waals surface area contributed by atoms with Crippen molar-refractivity contribution < 1.29 is 41.5 Å². The Hall–Kier alpha value is -2.12. The maximum absolute atomic E-state index is 14.1. The Morgan fingerprint density at radius 2 is 1.90 bits per heavy atom. The molecule has 0 aromatic carbocycles. The fourth-order valence-corrected chi connectivity index (χ4v) is 8.25. The number of imidazole rings is 1. The summed E-state index contributed by atoms with van der Waals surface area (Å²) in [5, 5.41) is 14.0. The predicted octanol–water partition coefficient (Wildman–Crippen LogP) is 1.67. The van der Waals surface area contributed by atoms with E-state index in [9.17, 15) is 23.4 Å². The van der Waals surface area contributed by atoms with E-state index in [4.69, 9.17) is 28.6 Å². The molecule has 2 aliphatic heterocycles. The highest BCUT2D eigenvalue weighted by Crippen LogP contribution is 2.60. The highest BCUT2D eigenvalue weighted by molar-refractivity contribution is 8.44. The number of nitrogen functional groups attached to an aromatic ring is 1. The van der Waals surface area contributed by atoms with Crippen LogP contribution in [0.15, 0.2) is 23.6 Å². The number of aromatic nitrogens is 6. The van der Waals surface area contributed by atoms with Gasteiger partial charge in [-0.05, 0) is 12.8 Å². The van der Waals surface area contributed by atoms with E-state index >= 15 is 0 Å². The summed E-state index contributed by atoms with van der Waals surface area (Å²) < 4.78 is 70.5. The number of anilines is 2. The molecule has 2 saturated heterocycles. The summed E-state index contributed by atoms with van der Waals surface area (Å²) >= 11 is 8.20. The summed E-state index contributed by atoms with van der Waals surface area (Å²) in [7, 11) is 0. The molecule has 3 aromatic rings. The first-order chi connectivity index (χ1) is 19.9. The number of fused-ring (bicyclic) bond motifs is 4. The lowest BCUT2D eigenvalue weighted by atomic mass is 10.1. The molecule has 3 aliphatic rings. The summed E-state index contributed by atoms with van der Waals surface area (Å²) in [6.45, 7) is -9.00. The van der Waals surface area contributed by atoms with Crippen LogP contribution in [0.2, 0.25) is 0 Å². The molecule has 228 valence electrons. The van der Waals surface area contributed by atoms with Crippen molar-refractivity contribution in [3.8, 4) is 0 Å². The molecule has 17 nitrogen and oxygen atoms in total. The van der Waals surface area contributed by atoms with E-state index in [0.717, 1.165) is 6.20 Å². The summed E-state index contributed by atoms with van der Waals surface area (Å²) in [5.41, 5.74) is 4.99. The number of ether oxygens (including phenoxy) is 1. The molecule has 5 N–H and O–H groups in total. The van der Waals surface area contributed by atoms with Gasteiger partial charge < -0.3 is 25.4 Å². The van der Waals surface area contributed by atoms with Gasteiger partial charge in [-0.15, -0.1) is 0 Å². The lowest BCUT2D eigenvalue weighted by Gasteiger charge is -2.26. The number of nitrogens with two attached hydrogens (primary N) is 1. The Balaban J connectivity index is 1.27. The fourth-order valence-electron chi connectivity index (χ4n) is 5.19. The second-order valence-corrected chi connectivity index (χ2v) is 15.6. The SMILES string of the molecule is Nc1nc2c(ncn2[C@@H]2O[C@@H]3CO[P@@](=O)(S)O[C@H]4C[C@H](Nc5ncncc5F)C[C@@H]4CO[P@@](=O)(S)O[C@@H]2[C@@H]3O)c(=O)[nH]1. The van der Waals surface area contributed by atoms with Crippen LogP contribution in [0.5, 0.6) is 0 Å². The molecule has 0 spiro atoms. The number of H-pyrrole nitrogens is 1. The third-order valence-corrected chi connectivity index (χ3v) is 10.3. The zero-order valence-electron chi connectivity index (χ0n) is 21.3. The number of nitrogens with one attached hydrogen (secondary N) is 2. The number of rotatable bonds is 3. The second kappa shape index (κ2) is 11.4. The van der Waals surface area contributed by atoms with Gasteiger partial charge in [-0.3, -0.25) is 27.9 Å². The first-order valence-electron chi connectivity index (χ1n) is 12.5. The number of aliphatic hydroxyl groups excluding tert-OH is 1. The molecule has 3 aromatic heterocycles. The van der Waals surface area contributed by atoms with Gasteiger partial charge in [0.1, 0.15) is 24.6 Å². The largest absolute Gasteiger partial charge is 0.387 e. The molecule has 1 aliphatic carbocycles. The highest BCUT2D eigenvalue weighted by Gasteiger charge is 2.51.